The molecule has 0 aromatic heterocycles. The van der Waals surface area contributed by atoms with E-state index in [2.05, 4.69) is 5.43 Å². The smallest absolute Gasteiger partial charge is 0.104 e. The first-order chi connectivity index (χ1) is 4.22. The zero-order chi connectivity index (χ0) is 7.28. The highest BCUT2D eigenvalue weighted by Gasteiger charge is 2.12. The maximum atomic E-state index is 8.77. The fourth-order valence-corrected chi connectivity index (χ4v) is 0.378. The number of hydrogen-bond donors (Lipinski definition) is 5. The van der Waals surface area contributed by atoms with Gasteiger partial charge in [-0.2, -0.15) is 0 Å². The molecule has 0 aliphatic rings. The van der Waals surface area contributed by atoms with Gasteiger partial charge in [-0.3, -0.25) is 11.3 Å². The SMILES string of the molecule is NNC[C@@H](O)[C@H](O)CO. The van der Waals surface area contributed by atoms with Gasteiger partial charge in [-0.25, -0.2) is 0 Å². The molecule has 56 valence electrons. The first-order valence-corrected chi connectivity index (χ1v) is 2.62. The molecule has 0 fully saturated rings. The minimum atomic E-state index is -1.11. The van der Waals surface area contributed by atoms with E-state index in [4.69, 9.17) is 21.2 Å². The van der Waals surface area contributed by atoms with Crippen LogP contribution in [0.5, 0.6) is 0 Å². The first-order valence-electron chi connectivity index (χ1n) is 2.62. The molecule has 0 saturated carbocycles. The summed E-state index contributed by atoms with van der Waals surface area (Å²) in [5.41, 5.74) is 2.16. The molecule has 2 atom stereocenters. The maximum Gasteiger partial charge on any atom is 0.104 e. The Morgan fingerprint density at radius 2 is 1.89 bits per heavy atom. The second-order valence-electron chi connectivity index (χ2n) is 1.73. The predicted octanol–water partition coefficient (Wildman–Crippen LogP) is -2.84. The van der Waals surface area contributed by atoms with Crippen molar-refractivity contribution in [3.63, 3.8) is 0 Å². The van der Waals surface area contributed by atoms with Gasteiger partial charge in [0.05, 0.1) is 12.7 Å². The highest BCUT2D eigenvalue weighted by molar-refractivity contribution is 4.66. The topological polar surface area (TPSA) is 98.7 Å². The third kappa shape index (κ3) is 3.39. The van der Waals surface area contributed by atoms with E-state index in [1.165, 1.54) is 0 Å². The predicted molar refractivity (Wildman–Crippen MR) is 31.3 cm³/mol. The Morgan fingerprint density at radius 3 is 2.22 bits per heavy atom. The van der Waals surface area contributed by atoms with Gasteiger partial charge >= 0.3 is 0 Å². The molecule has 0 aromatic carbocycles. The summed E-state index contributed by atoms with van der Waals surface area (Å²) < 4.78 is 0. The molecule has 0 aliphatic carbocycles. The molecule has 0 amide bonds. The Kier molecular flexibility index (Phi) is 4.55. The normalized spacial score (nSPS) is 17.3. The lowest BCUT2D eigenvalue weighted by atomic mass is 10.2. The van der Waals surface area contributed by atoms with E-state index in [0.717, 1.165) is 0 Å². The van der Waals surface area contributed by atoms with E-state index >= 15 is 0 Å². The van der Waals surface area contributed by atoms with E-state index in [0.29, 0.717) is 0 Å². The lowest BCUT2D eigenvalue weighted by molar-refractivity contribution is -0.0127. The highest BCUT2D eigenvalue weighted by Crippen LogP contribution is 1.88. The molecule has 6 N–H and O–H groups in total. The molecule has 0 rings (SSSR count). The van der Waals surface area contributed by atoms with E-state index in [1.807, 2.05) is 0 Å². The number of aliphatic hydroxyl groups is 3. The van der Waals surface area contributed by atoms with Gasteiger partial charge in [-0.05, 0) is 0 Å². The third-order valence-corrected chi connectivity index (χ3v) is 0.958. The fraction of sp³-hybridized carbons (Fsp3) is 1.00. The van der Waals surface area contributed by atoms with E-state index < -0.39 is 18.8 Å². The van der Waals surface area contributed by atoms with E-state index in [-0.39, 0.29) is 6.54 Å². The molecule has 0 unspecified atom stereocenters. The molecule has 0 aromatic rings. The molecule has 0 aliphatic heterocycles. The second kappa shape index (κ2) is 4.66. The summed E-state index contributed by atoms with van der Waals surface area (Å²) in [5, 5.41) is 25.7. The Balaban J connectivity index is 3.32. The Hall–Kier alpha value is -0.200. The number of nitrogens with one attached hydrogen (secondary N) is 1. The average molecular weight is 136 g/mol. The Labute approximate surface area is 53.1 Å². The standard InChI is InChI=1S/C4H12N2O3/c5-6-1-3(8)4(9)2-7/h3-4,6-9H,1-2,5H2/t3-,4-/m1/s1. The molecule has 5 nitrogen and oxygen atoms in total. The average Bonchev–Trinajstić information content (AvgIpc) is 1.87. The van der Waals surface area contributed by atoms with Crippen molar-refractivity contribution in [1.82, 2.24) is 5.43 Å². The molecule has 0 bridgehead atoms. The van der Waals surface area contributed by atoms with Crippen molar-refractivity contribution in [2.45, 2.75) is 12.2 Å². The van der Waals surface area contributed by atoms with Gasteiger partial charge in [0, 0.05) is 6.54 Å². The summed E-state index contributed by atoms with van der Waals surface area (Å²) in [6, 6.07) is 0. The van der Waals surface area contributed by atoms with Crippen LogP contribution in [-0.2, 0) is 0 Å². The van der Waals surface area contributed by atoms with Crippen LogP contribution in [0.3, 0.4) is 0 Å². The first kappa shape index (κ1) is 8.80. The van der Waals surface area contributed by atoms with Crippen molar-refractivity contribution < 1.29 is 15.3 Å². The molecular weight excluding hydrogens is 124 g/mol. The molecule has 0 saturated heterocycles. The molecule has 0 spiro atoms. The summed E-state index contributed by atoms with van der Waals surface area (Å²) in [6.07, 6.45) is -2.11. The number of hydrogen-bond acceptors (Lipinski definition) is 5. The number of aliphatic hydroxyl groups excluding tert-OH is 3. The zero-order valence-corrected chi connectivity index (χ0v) is 4.99. The third-order valence-electron chi connectivity index (χ3n) is 0.958. The van der Waals surface area contributed by atoms with Crippen LogP contribution < -0.4 is 11.3 Å². The number of hydrazine groups is 1. The van der Waals surface area contributed by atoms with Crippen molar-refractivity contribution in [2.75, 3.05) is 13.2 Å². The second-order valence-corrected chi connectivity index (χ2v) is 1.73. The summed E-state index contributed by atoms with van der Waals surface area (Å²) in [6.45, 7) is -0.384. The van der Waals surface area contributed by atoms with Gasteiger partial charge in [-0.15, -0.1) is 0 Å². The maximum absolute atomic E-state index is 8.77. The molecule has 9 heavy (non-hydrogen) atoms. The number of nitrogens with two attached hydrogens (primary N) is 1. The summed E-state index contributed by atoms with van der Waals surface area (Å²) in [4.78, 5) is 0. The lowest BCUT2D eigenvalue weighted by Crippen LogP contribution is -2.40. The minimum absolute atomic E-state index is 0.0712. The van der Waals surface area contributed by atoms with Gasteiger partial charge in [0.25, 0.3) is 0 Å². The van der Waals surface area contributed by atoms with Crippen molar-refractivity contribution in [1.29, 1.82) is 0 Å². The quantitative estimate of drug-likeness (QED) is 0.212. The monoisotopic (exact) mass is 136 g/mol. The lowest BCUT2D eigenvalue weighted by Gasteiger charge is -2.13. The molecular formula is C4H12N2O3. The van der Waals surface area contributed by atoms with Crippen LogP contribution in [0.4, 0.5) is 0 Å². The van der Waals surface area contributed by atoms with Crippen LogP contribution in [0.1, 0.15) is 0 Å². The van der Waals surface area contributed by atoms with Crippen LogP contribution >= 0.6 is 0 Å². The van der Waals surface area contributed by atoms with Gasteiger partial charge in [0.2, 0.25) is 0 Å². The summed E-state index contributed by atoms with van der Waals surface area (Å²) >= 11 is 0. The van der Waals surface area contributed by atoms with E-state index in [9.17, 15) is 0 Å². The van der Waals surface area contributed by atoms with Gasteiger partial charge in [0.1, 0.15) is 6.10 Å². The largest absolute Gasteiger partial charge is 0.394 e. The van der Waals surface area contributed by atoms with Gasteiger partial charge < -0.3 is 15.3 Å². The zero-order valence-electron chi connectivity index (χ0n) is 4.99. The van der Waals surface area contributed by atoms with Crippen LogP contribution in [-0.4, -0.2) is 40.7 Å². The van der Waals surface area contributed by atoms with Crippen molar-refractivity contribution in [2.24, 2.45) is 5.84 Å². The van der Waals surface area contributed by atoms with Crippen LogP contribution in [0.2, 0.25) is 0 Å². The van der Waals surface area contributed by atoms with Crippen molar-refractivity contribution in [3.8, 4) is 0 Å². The van der Waals surface area contributed by atoms with Crippen molar-refractivity contribution in [3.05, 3.63) is 0 Å². The van der Waals surface area contributed by atoms with Gasteiger partial charge in [-0.1, -0.05) is 0 Å². The number of rotatable bonds is 4. The Morgan fingerprint density at radius 1 is 1.33 bits per heavy atom. The minimum Gasteiger partial charge on any atom is -0.394 e. The molecule has 0 radical (unpaired) electrons. The van der Waals surface area contributed by atoms with Gasteiger partial charge in [0.15, 0.2) is 0 Å². The van der Waals surface area contributed by atoms with Crippen LogP contribution in [0.15, 0.2) is 0 Å². The Bertz CT molecular complexity index is 70.8. The van der Waals surface area contributed by atoms with E-state index in [1.54, 1.807) is 0 Å². The highest BCUT2D eigenvalue weighted by atomic mass is 16.4. The van der Waals surface area contributed by atoms with Crippen LogP contribution in [0, 0.1) is 0 Å². The van der Waals surface area contributed by atoms with Crippen molar-refractivity contribution >= 4 is 0 Å². The fourth-order valence-electron chi connectivity index (χ4n) is 0.378. The van der Waals surface area contributed by atoms with Crippen LogP contribution in [0.25, 0.3) is 0 Å². The summed E-state index contributed by atoms with van der Waals surface area (Å²) in [7, 11) is 0. The molecule has 5 heteroatoms. The summed E-state index contributed by atoms with van der Waals surface area (Å²) in [5.74, 6) is 4.82. The molecule has 0 heterocycles.